The van der Waals surface area contributed by atoms with E-state index in [1.165, 1.54) is 0 Å². The van der Waals surface area contributed by atoms with Crippen molar-refractivity contribution in [2.75, 3.05) is 40.0 Å². The molecule has 15 heavy (non-hydrogen) atoms. The Labute approximate surface area is 91.7 Å². The van der Waals surface area contributed by atoms with Crippen molar-refractivity contribution in [3.05, 3.63) is 0 Å². The summed E-state index contributed by atoms with van der Waals surface area (Å²) in [4.78, 5) is 2.45. The number of ether oxygens (including phenoxy) is 2. The van der Waals surface area contributed by atoms with Gasteiger partial charge in [-0.25, -0.2) is 0 Å². The predicted molar refractivity (Wildman–Crippen MR) is 58.8 cm³/mol. The fourth-order valence-corrected chi connectivity index (χ4v) is 2.67. The fraction of sp³-hybridized carbons (Fsp3) is 1.00. The molecule has 4 heteroatoms. The van der Waals surface area contributed by atoms with E-state index in [9.17, 15) is 0 Å². The number of hydrogen-bond donors (Lipinski definition) is 1. The van der Waals surface area contributed by atoms with Crippen molar-refractivity contribution in [3.63, 3.8) is 0 Å². The van der Waals surface area contributed by atoms with Crippen LogP contribution in [0, 0.1) is 0 Å². The molecule has 4 nitrogen and oxygen atoms in total. The summed E-state index contributed by atoms with van der Waals surface area (Å²) in [6.07, 6.45) is 3.24. The average Bonchev–Trinajstić information content (AvgIpc) is 2.82. The third-order valence-electron chi connectivity index (χ3n) is 4.01. The number of hydrogen-bond acceptors (Lipinski definition) is 4. The molecule has 0 radical (unpaired) electrons. The molecule has 0 bridgehead atoms. The van der Waals surface area contributed by atoms with E-state index in [1.54, 1.807) is 0 Å². The van der Waals surface area contributed by atoms with Crippen LogP contribution in [0.4, 0.5) is 0 Å². The van der Waals surface area contributed by atoms with Crippen LogP contribution in [-0.2, 0) is 9.47 Å². The van der Waals surface area contributed by atoms with Gasteiger partial charge in [0.05, 0.1) is 6.61 Å². The van der Waals surface area contributed by atoms with Crippen LogP contribution in [0.1, 0.15) is 19.3 Å². The first kappa shape index (κ1) is 11.3. The molecule has 0 aromatic carbocycles. The maximum atomic E-state index is 5.97. The van der Waals surface area contributed by atoms with E-state index in [1.807, 2.05) is 0 Å². The molecule has 2 aliphatic heterocycles. The summed E-state index contributed by atoms with van der Waals surface area (Å²) in [6, 6.07) is 0.548. The highest BCUT2D eigenvalue weighted by molar-refractivity contribution is 4.95. The van der Waals surface area contributed by atoms with Crippen LogP contribution in [0.25, 0.3) is 0 Å². The number of likely N-dealkylation sites (N-methyl/N-ethyl adjacent to an activating group) is 1. The highest BCUT2D eigenvalue weighted by Gasteiger charge is 2.39. The van der Waals surface area contributed by atoms with Gasteiger partial charge in [-0.15, -0.1) is 0 Å². The Morgan fingerprint density at radius 1 is 1.27 bits per heavy atom. The molecule has 2 N–H and O–H groups in total. The molecule has 0 spiro atoms. The van der Waals surface area contributed by atoms with Gasteiger partial charge in [-0.2, -0.15) is 0 Å². The summed E-state index contributed by atoms with van der Waals surface area (Å²) in [7, 11) is 2.19. The van der Waals surface area contributed by atoms with Crippen molar-refractivity contribution in [1.29, 1.82) is 0 Å². The van der Waals surface area contributed by atoms with Crippen LogP contribution in [0.2, 0.25) is 0 Å². The second-order valence-corrected chi connectivity index (χ2v) is 4.67. The van der Waals surface area contributed by atoms with Crippen molar-refractivity contribution in [3.8, 4) is 0 Å². The van der Waals surface area contributed by atoms with Gasteiger partial charge in [0.2, 0.25) is 0 Å². The van der Waals surface area contributed by atoms with E-state index in [2.05, 4.69) is 11.9 Å². The lowest BCUT2D eigenvalue weighted by Crippen LogP contribution is -2.58. The Kier molecular flexibility index (Phi) is 3.61. The molecule has 0 aromatic rings. The van der Waals surface area contributed by atoms with Gasteiger partial charge in [0.25, 0.3) is 0 Å². The molecule has 1 atom stereocenters. The van der Waals surface area contributed by atoms with E-state index in [0.717, 1.165) is 52.2 Å². The Morgan fingerprint density at radius 2 is 2.00 bits per heavy atom. The highest BCUT2D eigenvalue weighted by atomic mass is 16.5. The minimum atomic E-state index is 0.149. The molecule has 0 saturated carbocycles. The van der Waals surface area contributed by atoms with Crippen molar-refractivity contribution >= 4 is 0 Å². The van der Waals surface area contributed by atoms with Gasteiger partial charge in [0, 0.05) is 37.9 Å². The molecule has 2 heterocycles. The van der Waals surface area contributed by atoms with Crippen LogP contribution >= 0.6 is 0 Å². The topological polar surface area (TPSA) is 47.7 Å². The lowest BCUT2D eigenvalue weighted by atomic mass is 9.87. The molecule has 2 fully saturated rings. The highest BCUT2D eigenvalue weighted by Crippen LogP contribution is 2.29. The molecular formula is C11H22N2O2. The zero-order chi connectivity index (χ0) is 10.7. The second-order valence-electron chi connectivity index (χ2n) is 4.67. The summed E-state index contributed by atoms with van der Waals surface area (Å²) in [6.45, 7) is 4.17. The zero-order valence-corrected chi connectivity index (χ0v) is 9.58. The standard InChI is InChI=1S/C11H22N2O2/c1-13(10-2-5-15-8-10)11(9-12)3-6-14-7-4-11/h10H,2-9,12H2,1H3. The zero-order valence-electron chi connectivity index (χ0n) is 9.58. The van der Waals surface area contributed by atoms with Crippen LogP contribution in [-0.4, -0.2) is 56.5 Å². The number of nitrogens with zero attached hydrogens (tertiary/aromatic N) is 1. The Morgan fingerprint density at radius 3 is 2.53 bits per heavy atom. The number of nitrogens with two attached hydrogens (primary N) is 1. The molecule has 0 aliphatic carbocycles. The smallest absolute Gasteiger partial charge is 0.0622 e. The van der Waals surface area contributed by atoms with Gasteiger partial charge in [-0.1, -0.05) is 0 Å². The molecule has 1 unspecified atom stereocenters. The lowest BCUT2D eigenvalue weighted by molar-refractivity contribution is -0.0316. The maximum absolute atomic E-state index is 5.97. The Bertz CT molecular complexity index is 199. The summed E-state index contributed by atoms with van der Waals surface area (Å²) in [5.41, 5.74) is 6.12. The summed E-state index contributed by atoms with van der Waals surface area (Å²) in [5.74, 6) is 0. The summed E-state index contributed by atoms with van der Waals surface area (Å²) >= 11 is 0. The monoisotopic (exact) mass is 214 g/mol. The van der Waals surface area contributed by atoms with Crippen LogP contribution < -0.4 is 5.73 Å². The average molecular weight is 214 g/mol. The van der Waals surface area contributed by atoms with E-state index in [0.29, 0.717) is 6.04 Å². The molecule has 2 saturated heterocycles. The first-order valence-electron chi connectivity index (χ1n) is 5.87. The Hall–Kier alpha value is -0.160. The van der Waals surface area contributed by atoms with Gasteiger partial charge >= 0.3 is 0 Å². The van der Waals surface area contributed by atoms with Gasteiger partial charge in [0.15, 0.2) is 0 Å². The first-order valence-corrected chi connectivity index (χ1v) is 5.87. The van der Waals surface area contributed by atoms with E-state index < -0.39 is 0 Å². The molecule has 2 aliphatic rings. The minimum Gasteiger partial charge on any atom is -0.381 e. The fourth-order valence-electron chi connectivity index (χ4n) is 2.67. The van der Waals surface area contributed by atoms with Crippen LogP contribution in [0.5, 0.6) is 0 Å². The van der Waals surface area contributed by atoms with Crippen molar-refractivity contribution < 1.29 is 9.47 Å². The summed E-state index contributed by atoms with van der Waals surface area (Å²) in [5, 5.41) is 0. The van der Waals surface area contributed by atoms with E-state index in [-0.39, 0.29) is 5.54 Å². The van der Waals surface area contributed by atoms with Gasteiger partial charge < -0.3 is 15.2 Å². The van der Waals surface area contributed by atoms with Crippen molar-refractivity contribution in [2.24, 2.45) is 5.73 Å². The predicted octanol–water partition coefficient (Wildman–Crippen LogP) is 0.215. The molecule has 2 rings (SSSR count). The van der Waals surface area contributed by atoms with Crippen molar-refractivity contribution in [1.82, 2.24) is 4.90 Å². The lowest BCUT2D eigenvalue weighted by Gasteiger charge is -2.46. The SMILES string of the molecule is CN(C1CCOC1)C1(CN)CCOCC1. The largest absolute Gasteiger partial charge is 0.381 e. The Balaban J connectivity index is 2.02. The van der Waals surface area contributed by atoms with E-state index >= 15 is 0 Å². The van der Waals surface area contributed by atoms with Crippen LogP contribution in [0.3, 0.4) is 0 Å². The van der Waals surface area contributed by atoms with Gasteiger partial charge in [-0.05, 0) is 26.3 Å². The van der Waals surface area contributed by atoms with Gasteiger partial charge in [-0.3, -0.25) is 4.90 Å². The molecule has 0 aromatic heterocycles. The first-order chi connectivity index (χ1) is 7.28. The number of rotatable bonds is 3. The molecule has 0 amide bonds. The van der Waals surface area contributed by atoms with E-state index in [4.69, 9.17) is 15.2 Å². The third-order valence-corrected chi connectivity index (χ3v) is 4.01. The second kappa shape index (κ2) is 4.78. The van der Waals surface area contributed by atoms with Crippen LogP contribution in [0.15, 0.2) is 0 Å². The quantitative estimate of drug-likeness (QED) is 0.730. The van der Waals surface area contributed by atoms with Gasteiger partial charge in [0.1, 0.15) is 0 Å². The third kappa shape index (κ3) is 2.18. The summed E-state index contributed by atoms with van der Waals surface area (Å²) < 4.78 is 10.9. The minimum absolute atomic E-state index is 0.149. The molecular weight excluding hydrogens is 192 g/mol. The normalized spacial score (nSPS) is 31.0. The van der Waals surface area contributed by atoms with Crippen molar-refractivity contribution in [2.45, 2.75) is 30.8 Å². The maximum Gasteiger partial charge on any atom is 0.0622 e. The molecule has 88 valence electrons.